The largest absolute Gasteiger partial charge is 0.353 e. The molecular weight excluding hydrogens is 324 g/mol. The summed E-state index contributed by atoms with van der Waals surface area (Å²) in [5.41, 5.74) is 2.08. The van der Waals surface area contributed by atoms with Crippen LogP contribution < -0.4 is 10.6 Å². The van der Waals surface area contributed by atoms with E-state index in [0.717, 1.165) is 18.5 Å². The quantitative estimate of drug-likeness (QED) is 0.832. The highest BCUT2D eigenvalue weighted by atomic mass is 16.2. The van der Waals surface area contributed by atoms with E-state index in [1.807, 2.05) is 18.2 Å². The molecule has 1 aromatic rings. The third-order valence-corrected chi connectivity index (χ3v) is 6.20. The fourth-order valence-electron chi connectivity index (χ4n) is 4.60. The van der Waals surface area contributed by atoms with E-state index in [-0.39, 0.29) is 23.8 Å². The van der Waals surface area contributed by atoms with Crippen molar-refractivity contribution in [1.29, 1.82) is 0 Å². The van der Waals surface area contributed by atoms with Crippen molar-refractivity contribution in [2.45, 2.75) is 65.3 Å². The molecule has 2 aliphatic rings. The summed E-state index contributed by atoms with van der Waals surface area (Å²) in [6.07, 6.45) is 5.30. The predicted octanol–water partition coefficient (Wildman–Crippen LogP) is 4.15. The van der Waals surface area contributed by atoms with E-state index in [1.165, 1.54) is 18.4 Å². The van der Waals surface area contributed by atoms with Gasteiger partial charge in [-0.3, -0.25) is 9.59 Å². The van der Waals surface area contributed by atoms with Gasteiger partial charge in [-0.1, -0.05) is 45.4 Å². The monoisotopic (exact) mass is 356 g/mol. The summed E-state index contributed by atoms with van der Waals surface area (Å²) in [4.78, 5) is 24.8. The Morgan fingerprint density at radius 2 is 2.04 bits per heavy atom. The van der Waals surface area contributed by atoms with Crippen molar-refractivity contribution in [2.75, 3.05) is 5.32 Å². The molecule has 4 nitrogen and oxygen atoms in total. The van der Waals surface area contributed by atoms with Gasteiger partial charge in [0.05, 0.1) is 0 Å². The zero-order valence-corrected chi connectivity index (χ0v) is 16.3. The third kappa shape index (κ3) is 4.46. The van der Waals surface area contributed by atoms with Gasteiger partial charge in [0.1, 0.15) is 0 Å². The SMILES string of the molecule is CC(C)[C@H]1CC[C@@H](C)C[C@H]1NC(=O)CC[C@@H]1Cc2ccccc2NC1=O. The minimum Gasteiger partial charge on any atom is -0.353 e. The number of fused-ring (bicyclic) bond motifs is 1. The summed E-state index contributed by atoms with van der Waals surface area (Å²) in [6.45, 7) is 6.78. The normalized spacial score (nSPS) is 28.4. The van der Waals surface area contributed by atoms with E-state index in [9.17, 15) is 9.59 Å². The van der Waals surface area contributed by atoms with Crippen LogP contribution in [-0.2, 0) is 16.0 Å². The molecule has 1 heterocycles. The molecule has 2 amide bonds. The second kappa shape index (κ2) is 8.24. The third-order valence-electron chi connectivity index (χ3n) is 6.20. The van der Waals surface area contributed by atoms with E-state index in [0.29, 0.717) is 30.6 Å². The Bertz CT molecular complexity index is 655. The Kier molecular flexibility index (Phi) is 6.00. The molecule has 0 spiro atoms. The van der Waals surface area contributed by atoms with Gasteiger partial charge in [-0.25, -0.2) is 0 Å². The molecule has 0 unspecified atom stereocenters. The zero-order valence-electron chi connectivity index (χ0n) is 16.3. The van der Waals surface area contributed by atoms with Crippen LogP contribution in [0, 0.1) is 23.7 Å². The molecule has 0 radical (unpaired) electrons. The average molecular weight is 357 g/mol. The topological polar surface area (TPSA) is 58.2 Å². The number of nitrogens with one attached hydrogen (secondary N) is 2. The standard InChI is InChI=1S/C22H32N2O2/c1-14(2)18-10-8-15(3)12-20(18)23-21(25)11-9-17-13-16-6-4-5-7-19(16)24-22(17)26/h4-7,14-15,17-18,20H,8-13H2,1-3H3,(H,23,25)(H,24,26)/t15-,17-,18-,20-/m1/s1. The van der Waals surface area contributed by atoms with Gasteiger partial charge in [0, 0.05) is 24.1 Å². The first-order valence-electron chi connectivity index (χ1n) is 10.1. The Balaban J connectivity index is 1.53. The second-order valence-electron chi connectivity index (χ2n) is 8.59. The fourth-order valence-corrected chi connectivity index (χ4v) is 4.60. The fraction of sp³-hybridized carbons (Fsp3) is 0.636. The number of benzene rings is 1. The Hall–Kier alpha value is -1.84. The highest BCUT2D eigenvalue weighted by Gasteiger charge is 2.32. The maximum atomic E-state index is 12.5. The Morgan fingerprint density at radius 1 is 1.27 bits per heavy atom. The minimum absolute atomic E-state index is 0.0443. The second-order valence-corrected chi connectivity index (χ2v) is 8.59. The van der Waals surface area contributed by atoms with E-state index in [1.54, 1.807) is 0 Å². The van der Waals surface area contributed by atoms with Crippen LogP contribution in [0.3, 0.4) is 0 Å². The summed E-state index contributed by atoms with van der Waals surface area (Å²) in [5.74, 6) is 1.87. The molecule has 1 aliphatic heterocycles. The van der Waals surface area contributed by atoms with E-state index < -0.39 is 0 Å². The molecule has 26 heavy (non-hydrogen) atoms. The van der Waals surface area contributed by atoms with Crippen molar-refractivity contribution in [3.63, 3.8) is 0 Å². The summed E-state index contributed by atoms with van der Waals surface area (Å²) in [5, 5.41) is 6.26. The summed E-state index contributed by atoms with van der Waals surface area (Å²) >= 11 is 0. The predicted molar refractivity (Wildman–Crippen MR) is 105 cm³/mol. The van der Waals surface area contributed by atoms with Crippen molar-refractivity contribution in [2.24, 2.45) is 23.7 Å². The van der Waals surface area contributed by atoms with Gasteiger partial charge in [0.15, 0.2) is 0 Å². The summed E-state index contributed by atoms with van der Waals surface area (Å²) in [7, 11) is 0. The molecule has 1 aliphatic carbocycles. The first-order valence-corrected chi connectivity index (χ1v) is 10.1. The van der Waals surface area contributed by atoms with Gasteiger partial charge in [-0.2, -0.15) is 0 Å². The van der Waals surface area contributed by atoms with Crippen LogP contribution in [0.1, 0.15) is 58.4 Å². The Labute approximate surface area is 157 Å². The molecule has 4 heteroatoms. The van der Waals surface area contributed by atoms with Crippen LogP contribution in [0.5, 0.6) is 0 Å². The highest BCUT2D eigenvalue weighted by Crippen LogP contribution is 2.33. The molecule has 1 fully saturated rings. The minimum atomic E-state index is -0.109. The van der Waals surface area contributed by atoms with Crippen LogP contribution in [0.15, 0.2) is 24.3 Å². The molecular formula is C22H32N2O2. The molecule has 0 bridgehead atoms. The lowest BCUT2D eigenvalue weighted by Crippen LogP contribution is -2.45. The number of carbonyl (C=O) groups excluding carboxylic acids is 2. The number of hydrogen-bond donors (Lipinski definition) is 2. The number of rotatable bonds is 5. The molecule has 0 saturated heterocycles. The maximum absolute atomic E-state index is 12.5. The highest BCUT2D eigenvalue weighted by molar-refractivity contribution is 5.96. The lowest BCUT2D eigenvalue weighted by atomic mass is 9.74. The van der Waals surface area contributed by atoms with Gasteiger partial charge < -0.3 is 10.6 Å². The van der Waals surface area contributed by atoms with Gasteiger partial charge in [0.25, 0.3) is 0 Å². The first-order chi connectivity index (χ1) is 12.4. The van der Waals surface area contributed by atoms with Gasteiger partial charge in [-0.05, 0) is 55.1 Å². The number of hydrogen-bond acceptors (Lipinski definition) is 2. The van der Waals surface area contributed by atoms with Crippen molar-refractivity contribution >= 4 is 17.5 Å². The first kappa shape index (κ1) is 18.9. The molecule has 0 aromatic heterocycles. The lowest BCUT2D eigenvalue weighted by molar-refractivity contribution is -0.124. The van der Waals surface area contributed by atoms with E-state index in [4.69, 9.17) is 0 Å². The number of anilines is 1. The summed E-state index contributed by atoms with van der Waals surface area (Å²) < 4.78 is 0. The van der Waals surface area contributed by atoms with E-state index in [2.05, 4.69) is 37.5 Å². The average Bonchev–Trinajstić information content (AvgIpc) is 2.59. The van der Waals surface area contributed by atoms with Crippen molar-refractivity contribution in [1.82, 2.24) is 5.32 Å². The van der Waals surface area contributed by atoms with E-state index >= 15 is 0 Å². The van der Waals surface area contributed by atoms with Crippen molar-refractivity contribution in [3.8, 4) is 0 Å². The molecule has 1 aromatic carbocycles. The zero-order chi connectivity index (χ0) is 18.7. The van der Waals surface area contributed by atoms with Gasteiger partial charge in [-0.15, -0.1) is 0 Å². The molecule has 142 valence electrons. The Morgan fingerprint density at radius 3 is 2.81 bits per heavy atom. The summed E-state index contributed by atoms with van der Waals surface area (Å²) in [6, 6.07) is 8.21. The van der Waals surface area contributed by atoms with Crippen LogP contribution in [0.25, 0.3) is 0 Å². The molecule has 1 saturated carbocycles. The molecule has 4 atom stereocenters. The van der Waals surface area contributed by atoms with Crippen LogP contribution in [0.2, 0.25) is 0 Å². The number of carbonyl (C=O) groups is 2. The van der Waals surface area contributed by atoms with Gasteiger partial charge in [0.2, 0.25) is 11.8 Å². The van der Waals surface area contributed by atoms with Crippen molar-refractivity contribution in [3.05, 3.63) is 29.8 Å². The molecule has 2 N–H and O–H groups in total. The molecule has 3 rings (SSSR count). The smallest absolute Gasteiger partial charge is 0.227 e. The maximum Gasteiger partial charge on any atom is 0.227 e. The van der Waals surface area contributed by atoms with Crippen LogP contribution in [-0.4, -0.2) is 17.9 Å². The van der Waals surface area contributed by atoms with Gasteiger partial charge >= 0.3 is 0 Å². The number of para-hydroxylation sites is 1. The lowest BCUT2D eigenvalue weighted by Gasteiger charge is -2.38. The van der Waals surface area contributed by atoms with Crippen molar-refractivity contribution < 1.29 is 9.59 Å². The number of amides is 2. The van der Waals surface area contributed by atoms with Crippen LogP contribution in [0.4, 0.5) is 5.69 Å². The van der Waals surface area contributed by atoms with Crippen LogP contribution >= 0.6 is 0 Å².